The van der Waals surface area contributed by atoms with Crippen molar-refractivity contribution in [2.24, 2.45) is 7.05 Å². The molecule has 0 fully saturated rings. The lowest BCUT2D eigenvalue weighted by Gasteiger charge is -2.16. The molecule has 6 heteroatoms. The number of benzene rings is 2. The van der Waals surface area contributed by atoms with Crippen LogP contribution in [0.2, 0.25) is 0 Å². The van der Waals surface area contributed by atoms with E-state index < -0.39 is 6.04 Å². The van der Waals surface area contributed by atoms with E-state index in [0.29, 0.717) is 12.1 Å². The molecule has 0 aliphatic carbocycles. The molecule has 0 aliphatic heterocycles. The molecule has 0 saturated heterocycles. The molecule has 1 unspecified atom stereocenters. The zero-order chi connectivity index (χ0) is 19.7. The van der Waals surface area contributed by atoms with Gasteiger partial charge in [-0.05, 0) is 25.0 Å². The average molecular weight is 374 g/mol. The van der Waals surface area contributed by atoms with Crippen LogP contribution in [0.1, 0.15) is 18.5 Å². The molecule has 0 radical (unpaired) electrons. The van der Waals surface area contributed by atoms with E-state index in [0.717, 1.165) is 22.7 Å². The van der Waals surface area contributed by atoms with Crippen molar-refractivity contribution in [1.29, 1.82) is 0 Å². The van der Waals surface area contributed by atoms with Gasteiger partial charge in [0.2, 0.25) is 5.91 Å². The van der Waals surface area contributed by atoms with Crippen LogP contribution >= 0.6 is 0 Å². The van der Waals surface area contributed by atoms with E-state index >= 15 is 0 Å². The van der Waals surface area contributed by atoms with E-state index in [4.69, 9.17) is 0 Å². The molecular formula is C22H22N4O2. The van der Waals surface area contributed by atoms with Crippen molar-refractivity contribution in [3.05, 3.63) is 76.7 Å². The molecule has 142 valence electrons. The van der Waals surface area contributed by atoms with Crippen LogP contribution in [0.5, 0.6) is 0 Å². The van der Waals surface area contributed by atoms with Crippen molar-refractivity contribution in [2.45, 2.75) is 19.4 Å². The third-order valence-corrected chi connectivity index (χ3v) is 5.13. The molecule has 0 saturated carbocycles. The predicted molar refractivity (Wildman–Crippen MR) is 110 cm³/mol. The summed E-state index contributed by atoms with van der Waals surface area (Å²) in [5.41, 5.74) is 2.32. The maximum atomic E-state index is 12.9. The molecule has 4 rings (SSSR count). The van der Waals surface area contributed by atoms with Gasteiger partial charge in [0.1, 0.15) is 11.6 Å². The molecule has 6 nitrogen and oxygen atoms in total. The van der Waals surface area contributed by atoms with Crippen LogP contribution in [0.15, 0.2) is 65.6 Å². The highest BCUT2D eigenvalue weighted by Crippen LogP contribution is 2.29. The maximum absolute atomic E-state index is 12.9. The number of carbonyl (C=O) groups excluding carboxylic acids is 1. The summed E-state index contributed by atoms with van der Waals surface area (Å²) < 4.78 is 3.13. The minimum Gasteiger partial charge on any atom is -0.354 e. The van der Waals surface area contributed by atoms with Crippen molar-refractivity contribution < 1.29 is 4.79 Å². The van der Waals surface area contributed by atoms with E-state index in [1.807, 2.05) is 66.1 Å². The molecule has 28 heavy (non-hydrogen) atoms. The van der Waals surface area contributed by atoms with Crippen molar-refractivity contribution in [2.75, 3.05) is 6.54 Å². The number of aryl methyl sites for hydroxylation is 1. The summed E-state index contributed by atoms with van der Waals surface area (Å²) in [5.74, 6) is -0.113. The quantitative estimate of drug-likeness (QED) is 0.584. The fourth-order valence-electron chi connectivity index (χ4n) is 3.63. The summed E-state index contributed by atoms with van der Waals surface area (Å²) in [6.45, 7) is 2.37. The molecule has 0 spiro atoms. The van der Waals surface area contributed by atoms with Gasteiger partial charge in [0, 0.05) is 24.4 Å². The third kappa shape index (κ3) is 3.07. The number of nitrogens with one attached hydrogen (secondary N) is 1. The molecule has 4 aromatic rings. The van der Waals surface area contributed by atoms with Crippen molar-refractivity contribution >= 4 is 27.7 Å². The van der Waals surface area contributed by atoms with E-state index in [1.54, 1.807) is 13.2 Å². The number of aromatic nitrogens is 3. The first-order chi connectivity index (χ1) is 13.6. The standard InChI is InChI=1S/C22H22N4O2/c1-15(21(27)23-13-12-16-8-4-3-5-9-16)26-19-11-7-6-10-17(19)18-14-24-25(2)22(28)20(18)26/h3-11,14-15H,12-13H2,1-2H3,(H,23,27). The van der Waals surface area contributed by atoms with Crippen LogP contribution in [0.4, 0.5) is 0 Å². The summed E-state index contributed by atoms with van der Waals surface area (Å²) in [6, 6.07) is 17.2. The van der Waals surface area contributed by atoms with Gasteiger partial charge in [0.05, 0.1) is 11.7 Å². The Morgan fingerprint density at radius 1 is 1.07 bits per heavy atom. The van der Waals surface area contributed by atoms with Crippen molar-refractivity contribution in [3.8, 4) is 0 Å². The molecule has 0 aliphatic rings. The number of rotatable bonds is 5. The first kappa shape index (κ1) is 18.0. The number of fused-ring (bicyclic) bond motifs is 3. The van der Waals surface area contributed by atoms with Crippen molar-refractivity contribution in [3.63, 3.8) is 0 Å². The minimum absolute atomic E-state index is 0.113. The van der Waals surface area contributed by atoms with Gasteiger partial charge < -0.3 is 9.88 Å². The summed E-state index contributed by atoms with van der Waals surface area (Å²) in [7, 11) is 1.62. The van der Waals surface area contributed by atoms with Gasteiger partial charge in [-0.2, -0.15) is 5.10 Å². The normalized spacial score (nSPS) is 12.4. The summed E-state index contributed by atoms with van der Waals surface area (Å²) in [6.07, 6.45) is 2.45. The summed E-state index contributed by atoms with van der Waals surface area (Å²) in [5, 5.41) is 8.84. The van der Waals surface area contributed by atoms with Crippen LogP contribution in [0, 0.1) is 0 Å². The number of carbonyl (C=O) groups is 1. The number of hydrogen-bond acceptors (Lipinski definition) is 3. The van der Waals surface area contributed by atoms with Crippen LogP contribution < -0.4 is 10.9 Å². The molecule has 1 atom stereocenters. The minimum atomic E-state index is -0.520. The van der Waals surface area contributed by atoms with Gasteiger partial charge in [0.25, 0.3) is 5.56 Å². The fourth-order valence-corrected chi connectivity index (χ4v) is 3.63. The van der Waals surface area contributed by atoms with Gasteiger partial charge in [-0.15, -0.1) is 0 Å². The smallest absolute Gasteiger partial charge is 0.291 e. The van der Waals surface area contributed by atoms with Gasteiger partial charge in [-0.25, -0.2) is 4.68 Å². The first-order valence-electron chi connectivity index (χ1n) is 9.34. The highest BCUT2D eigenvalue weighted by molar-refractivity contribution is 6.08. The van der Waals surface area contributed by atoms with E-state index in [-0.39, 0.29) is 11.5 Å². The molecule has 0 bridgehead atoms. The Hall–Kier alpha value is -3.41. The van der Waals surface area contributed by atoms with Gasteiger partial charge >= 0.3 is 0 Å². The van der Waals surface area contributed by atoms with Crippen LogP contribution in [-0.2, 0) is 18.3 Å². The maximum Gasteiger partial charge on any atom is 0.291 e. The third-order valence-electron chi connectivity index (χ3n) is 5.13. The molecule has 2 aromatic carbocycles. The predicted octanol–water partition coefficient (Wildman–Crippen LogP) is 2.81. The van der Waals surface area contributed by atoms with Crippen LogP contribution in [0.25, 0.3) is 21.8 Å². The first-order valence-corrected chi connectivity index (χ1v) is 9.34. The number of amides is 1. The van der Waals surface area contributed by atoms with Crippen LogP contribution in [-0.4, -0.2) is 26.8 Å². The highest BCUT2D eigenvalue weighted by atomic mass is 16.2. The summed E-state index contributed by atoms with van der Waals surface area (Å²) >= 11 is 0. The van der Waals surface area contributed by atoms with E-state index in [1.165, 1.54) is 10.2 Å². The molecule has 2 aromatic heterocycles. The Bertz CT molecular complexity index is 1210. The highest BCUT2D eigenvalue weighted by Gasteiger charge is 2.22. The lowest BCUT2D eigenvalue weighted by molar-refractivity contribution is -0.123. The fraction of sp³-hybridized carbons (Fsp3) is 0.227. The van der Waals surface area contributed by atoms with E-state index in [2.05, 4.69) is 10.4 Å². The monoisotopic (exact) mass is 374 g/mol. The molecular weight excluding hydrogens is 352 g/mol. The zero-order valence-electron chi connectivity index (χ0n) is 15.9. The Morgan fingerprint density at radius 3 is 2.57 bits per heavy atom. The molecule has 1 N–H and O–H groups in total. The van der Waals surface area contributed by atoms with Crippen molar-refractivity contribution in [1.82, 2.24) is 19.7 Å². The molecule has 1 amide bonds. The largest absolute Gasteiger partial charge is 0.354 e. The van der Waals surface area contributed by atoms with Crippen LogP contribution in [0.3, 0.4) is 0 Å². The van der Waals surface area contributed by atoms with Gasteiger partial charge in [0.15, 0.2) is 0 Å². The number of para-hydroxylation sites is 1. The summed E-state index contributed by atoms with van der Waals surface area (Å²) in [4.78, 5) is 25.7. The second-order valence-corrected chi connectivity index (χ2v) is 6.93. The Balaban J connectivity index is 1.68. The Labute approximate surface area is 162 Å². The number of hydrogen-bond donors (Lipinski definition) is 1. The van der Waals surface area contributed by atoms with Gasteiger partial charge in [-0.3, -0.25) is 9.59 Å². The topological polar surface area (TPSA) is 68.9 Å². The molecule has 2 heterocycles. The second kappa shape index (κ2) is 7.31. The average Bonchev–Trinajstić information content (AvgIpc) is 3.06. The lowest BCUT2D eigenvalue weighted by Crippen LogP contribution is -2.33. The Morgan fingerprint density at radius 2 is 1.79 bits per heavy atom. The Kier molecular flexibility index (Phi) is 4.69. The second-order valence-electron chi connectivity index (χ2n) is 6.93. The van der Waals surface area contributed by atoms with E-state index in [9.17, 15) is 9.59 Å². The number of nitrogens with zero attached hydrogens (tertiary/aromatic N) is 3. The lowest BCUT2D eigenvalue weighted by atomic mass is 10.1. The zero-order valence-corrected chi connectivity index (χ0v) is 15.9. The van der Waals surface area contributed by atoms with Gasteiger partial charge in [-0.1, -0.05) is 48.5 Å². The SMILES string of the molecule is CC(C(=O)NCCc1ccccc1)n1c2ccccc2c2cnn(C)c(=O)c21.